The van der Waals surface area contributed by atoms with Gasteiger partial charge >= 0.3 is 5.97 Å². The van der Waals surface area contributed by atoms with Crippen molar-refractivity contribution in [2.45, 2.75) is 32.8 Å². The number of para-hydroxylation sites is 1. The number of benzene rings is 2. The summed E-state index contributed by atoms with van der Waals surface area (Å²) in [6, 6.07) is 11.4. The van der Waals surface area contributed by atoms with Gasteiger partial charge in [0, 0.05) is 10.2 Å². The van der Waals surface area contributed by atoms with Gasteiger partial charge in [0.1, 0.15) is 5.82 Å². The van der Waals surface area contributed by atoms with E-state index in [4.69, 9.17) is 4.74 Å². The van der Waals surface area contributed by atoms with E-state index < -0.39 is 23.8 Å². The summed E-state index contributed by atoms with van der Waals surface area (Å²) in [4.78, 5) is 24.4. The molecule has 0 aromatic heterocycles. The Labute approximate surface area is 154 Å². The monoisotopic (exact) mass is 407 g/mol. The van der Waals surface area contributed by atoms with E-state index in [-0.39, 0.29) is 11.5 Å². The largest absolute Gasteiger partial charge is 0.449 e. The van der Waals surface area contributed by atoms with Crippen LogP contribution in [0, 0.1) is 5.82 Å². The van der Waals surface area contributed by atoms with Crippen molar-refractivity contribution in [1.29, 1.82) is 0 Å². The van der Waals surface area contributed by atoms with Crippen LogP contribution in [-0.2, 0) is 9.53 Å². The topological polar surface area (TPSA) is 55.4 Å². The third kappa shape index (κ3) is 4.89. The number of anilines is 1. The molecule has 4 nitrogen and oxygen atoms in total. The number of carbonyl (C=O) groups is 2. The van der Waals surface area contributed by atoms with Crippen molar-refractivity contribution < 1.29 is 18.7 Å². The standard InChI is InChI=1S/C19H19BrFNO3/c1-11(2)14-6-4-5-7-17(14)22-18(23)12(3)25-19(24)15-9-8-13(20)10-16(15)21/h4-12H,1-3H3,(H,22,23)/t12-/m1/s1. The Morgan fingerprint density at radius 2 is 1.80 bits per heavy atom. The van der Waals surface area contributed by atoms with E-state index in [0.717, 1.165) is 5.56 Å². The first-order chi connectivity index (χ1) is 11.8. The molecule has 6 heteroatoms. The van der Waals surface area contributed by atoms with Crippen molar-refractivity contribution in [3.05, 3.63) is 63.9 Å². The van der Waals surface area contributed by atoms with Crippen molar-refractivity contribution in [2.75, 3.05) is 5.32 Å². The van der Waals surface area contributed by atoms with Crippen LogP contribution in [0.4, 0.5) is 10.1 Å². The summed E-state index contributed by atoms with van der Waals surface area (Å²) < 4.78 is 19.4. The smallest absolute Gasteiger partial charge is 0.341 e. The molecule has 0 saturated heterocycles. The highest BCUT2D eigenvalue weighted by Gasteiger charge is 2.22. The molecule has 0 aliphatic heterocycles. The van der Waals surface area contributed by atoms with Crippen LogP contribution >= 0.6 is 15.9 Å². The number of halogens is 2. The molecular weight excluding hydrogens is 389 g/mol. The van der Waals surface area contributed by atoms with Gasteiger partial charge in [-0.3, -0.25) is 4.79 Å². The minimum atomic E-state index is -1.06. The van der Waals surface area contributed by atoms with Crippen molar-refractivity contribution in [2.24, 2.45) is 0 Å². The van der Waals surface area contributed by atoms with Crippen LogP contribution in [0.1, 0.15) is 42.6 Å². The Bertz CT molecular complexity index is 792. The van der Waals surface area contributed by atoms with E-state index in [1.165, 1.54) is 25.1 Å². The normalized spacial score (nSPS) is 11.9. The molecule has 0 unspecified atom stereocenters. The Balaban J connectivity index is 2.07. The molecule has 0 saturated carbocycles. The molecule has 2 rings (SSSR count). The number of ether oxygens (including phenoxy) is 1. The molecule has 1 N–H and O–H groups in total. The second-order valence-electron chi connectivity index (χ2n) is 5.90. The Hall–Kier alpha value is -2.21. The van der Waals surface area contributed by atoms with Crippen LogP contribution in [0.3, 0.4) is 0 Å². The molecule has 0 heterocycles. The van der Waals surface area contributed by atoms with Gasteiger partial charge in [0.05, 0.1) is 5.56 Å². The third-order valence-electron chi connectivity index (χ3n) is 3.64. The van der Waals surface area contributed by atoms with Gasteiger partial charge in [-0.15, -0.1) is 0 Å². The highest BCUT2D eigenvalue weighted by molar-refractivity contribution is 9.10. The lowest BCUT2D eigenvalue weighted by molar-refractivity contribution is -0.123. The van der Waals surface area contributed by atoms with Gasteiger partial charge in [-0.05, 0) is 42.7 Å². The molecule has 0 aliphatic rings. The quantitative estimate of drug-likeness (QED) is 0.717. The lowest BCUT2D eigenvalue weighted by atomic mass is 10.0. The molecule has 2 aromatic carbocycles. The summed E-state index contributed by atoms with van der Waals surface area (Å²) in [6.45, 7) is 5.48. The number of rotatable bonds is 5. The summed E-state index contributed by atoms with van der Waals surface area (Å²) >= 11 is 3.12. The summed E-state index contributed by atoms with van der Waals surface area (Å²) in [7, 11) is 0. The van der Waals surface area contributed by atoms with Gasteiger partial charge < -0.3 is 10.1 Å². The van der Waals surface area contributed by atoms with Crippen LogP contribution in [0.15, 0.2) is 46.9 Å². The van der Waals surface area contributed by atoms with Crippen molar-refractivity contribution in [3.8, 4) is 0 Å². The Morgan fingerprint density at radius 1 is 1.12 bits per heavy atom. The predicted molar refractivity (Wildman–Crippen MR) is 98.1 cm³/mol. The highest BCUT2D eigenvalue weighted by Crippen LogP contribution is 2.24. The lowest BCUT2D eigenvalue weighted by Crippen LogP contribution is -2.30. The van der Waals surface area contributed by atoms with E-state index >= 15 is 0 Å². The van der Waals surface area contributed by atoms with Gasteiger partial charge in [-0.2, -0.15) is 0 Å². The average Bonchev–Trinajstić information content (AvgIpc) is 2.54. The molecule has 1 amide bonds. The molecular formula is C19H19BrFNO3. The van der Waals surface area contributed by atoms with Crippen LogP contribution in [-0.4, -0.2) is 18.0 Å². The van der Waals surface area contributed by atoms with Crippen molar-refractivity contribution in [3.63, 3.8) is 0 Å². The highest BCUT2D eigenvalue weighted by atomic mass is 79.9. The zero-order valence-electron chi connectivity index (χ0n) is 14.2. The second kappa shape index (κ2) is 8.25. The van der Waals surface area contributed by atoms with Gasteiger partial charge in [0.15, 0.2) is 6.10 Å². The van der Waals surface area contributed by atoms with Gasteiger partial charge in [-0.25, -0.2) is 9.18 Å². The number of nitrogens with one attached hydrogen (secondary N) is 1. The van der Waals surface area contributed by atoms with Gasteiger partial charge in [-0.1, -0.05) is 48.0 Å². The van der Waals surface area contributed by atoms with Crippen molar-refractivity contribution >= 4 is 33.5 Å². The Kier molecular flexibility index (Phi) is 6.31. The van der Waals surface area contributed by atoms with E-state index in [9.17, 15) is 14.0 Å². The van der Waals surface area contributed by atoms with Gasteiger partial charge in [0.25, 0.3) is 5.91 Å². The van der Waals surface area contributed by atoms with Crippen LogP contribution < -0.4 is 5.32 Å². The number of hydrogen-bond acceptors (Lipinski definition) is 3. The molecule has 0 fully saturated rings. The molecule has 0 bridgehead atoms. The first-order valence-corrected chi connectivity index (χ1v) is 8.64. The summed E-state index contributed by atoms with van der Waals surface area (Å²) in [5, 5.41) is 2.75. The van der Waals surface area contributed by atoms with Crippen LogP contribution in [0.2, 0.25) is 0 Å². The molecule has 0 spiro atoms. The number of amides is 1. The molecule has 0 radical (unpaired) electrons. The van der Waals surface area contributed by atoms with Crippen LogP contribution in [0.25, 0.3) is 0 Å². The van der Waals surface area contributed by atoms with Gasteiger partial charge in [0.2, 0.25) is 0 Å². The second-order valence-corrected chi connectivity index (χ2v) is 6.82. The molecule has 1 atom stereocenters. The summed E-state index contributed by atoms with van der Waals surface area (Å²) in [5.41, 5.74) is 1.43. The fourth-order valence-corrected chi connectivity index (χ4v) is 2.61. The number of carbonyl (C=O) groups excluding carboxylic acids is 2. The van der Waals surface area contributed by atoms with Crippen LogP contribution in [0.5, 0.6) is 0 Å². The SMILES string of the molecule is CC(C)c1ccccc1NC(=O)[C@@H](C)OC(=O)c1ccc(Br)cc1F. The maximum atomic E-state index is 13.8. The predicted octanol–water partition coefficient (Wildman–Crippen LogP) is 4.90. The average molecular weight is 408 g/mol. The van der Waals surface area contributed by atoms with E-state index in [2.05, 4.69) is 21.2 Å². The minimum Gasteiger partial charge on any atom is -0.449 e. The van der Waals surface area contributed by atoms with E-state index in [1.54, 1.807) is 6.07 Å². The molecule has 0 aliphatic carbocycles. The molecule has 132 valence electrons. The van der Waals surface area contributed by atoms with E-state index in [0.29, 0.717) is 10.2 Å². The molecule has 25 heavy (non-hydrogen) atoms. The lowest BCUT2D eigenvalue weighted by Gasteiger charge is -2.17. The first-order valence-electron chi connectivity index (χ1n) is 7.85. The molecule has 2 aromatic rings. The zero-order valence-corrected chi connectivity index (χ0v) is 15.8. The van der Waals surface area contributed by atoms with E-state index in [1.807, 2.05) is 32.0 Å². The fraction of sp³-hybridized carbons (Fsp3) is 0.263. The first kappa shape index (κ1) is 19.1. The summed E-state index contributed by atoms with van der Waals surface area (Å²) in [6.07, 6.45) is -1.06. The number of hydrogen-bond donors (Lipinski definition) is 1. The Morgan fingerprint density at radius 3 is 2.44 bits per heavy atom. The maximum absolute atomic E-state index is 13.8. The maximum Gasteiger partial charge on any atom is 0.341 e. The third-order valence-corrected chi connectivity index (χ3v) is 4.14. The number of esters is 1. The summed E-state index contributed by atoms with van der Waals surface area (Å²) in [5.74, 6) is -1.84. The van der Waals surface area contributed by atoms with Crippen molar-refractivity contribution in [1.82, 2.24) is 0 Å². The minimum absolute atomic E-state index is 0.217. The zero-order chi connectivity index (χ0) is 18.6. The fourth-order valence-electron chi connectivity index (χ4n) is 2.28.